The summed E-state index contributed by atoms with van der Waals surface area (Å²) in [6, 6.07) is 9.06. The van der Waals surface area contributed by atoms with Crippen molar-refractivity contribution in [3.8, 4) is 0 Å². The fraction of sp³-hybridized carbons (Fsp3) is 0.294. The third-order valence-corrected chi connectivity index (χ3v) is 4.72. The first-order chi connectivity index (χ1) is 11.1. The van der Waals surface area contributed by atoms with E-state index in [-0.39, 0.29) is 5.91 Å². The largest absolute Gasteiger partial charge is 0.336 e. The van der Waals surface area contributed by atoms with E-state index in [9.17, 15) is 4.79 Å². The molecule has 0 aliphatic carbocycles. The Morgan fingerprint density at radius 3 is 2.35 bits per heavy atom. The number of halogens is 2. The van der Waals surface area contributed by atoms with Crippen LogP contribution in [0.25, 0.3) is 0 Å². The Kier molecular flexibility index (Phi) is 5.16. The van der Waals surface area contributed by atoms with E-state index in [4.69, 9.17) is 23.2 Å². The molecule has 2 aromatic rings. The molecule has 3 rings (SSSR count). The summed E-state index contributed by atoms with van der Waals surface area (Å²) in [6.07, 6.45) is 3.61. The summed E-state index contributed by atoms with van der Waals surface area (Å²) < 4.78 is 0. The van der Waals surface area contributed by atoms with Gasteiger partial charge in [0.1, 0.15) is 0 Å². The molecule has 0 saturated carbocycles. The van der Waals surface area contributed by atoms with Crippen molar-refractivity contribution in [3.05, 3.63) is 63.9 Å². The summed E-state index contributed by atoms with van der Waals surface area (Å²) in [5.41, 5.74) is 1.83. The molecule has 0 N–H and O–H groups in total. The molecule has 1 fully saturated rings. The third-order valence-electron chi connectivity index (χ3n) is 3.98. The summed E-state index contributed by atoms with van der Waals surface area (Å²) in [5.74, 6) is 0.00660. The normalized spacial score (nSPS) is 15.7. The van der Waals surface area contributed by atoms with Crippen LogP contribution in [0.3, 0.4) is 0 Å². The van der Waals surface area contributed by atoms with Gasteiger partial charge in [0, 0.05) is 50.7 Å². The monoisotopic (exact) mass is 349 g/mol. The van der Waals surface area contributed by atoms with E-state index >= 15 is 0 Å². The van der Waals surface area contributed by atoms with Gasteiger partial charge in [-0.2, -0.15) is 0 Å². The predicted octanol–water partition coefficient (Wildman–Crippen LogP) is 3.35. The van der Waals surface area contributed by atoms with Gasteiger partial charge in [0.25, 0.3) is 5.91 Å². The van der Waals surface area contributed by atoms with Gasteiger partial charge in [-0.15, -0.1) is 0 Å². The lowest BCUT2D eigenvalue weighted by Crippen LogP contribution is -2.48. The van der Waals surface area contributed by atoms with Gasteiger partial charge in [0.15, 0.2) is 0 Å². The lowest BCUT2D eigenvalue weighted by atomic mass is 10.1. The molecule has 0 radical (unpaired) electrons. The van der Waals surface area contributed by atoms with E-state index in [2.05, 4.69) is 9.88 Å². The molecule has 0 unspecified atom stereocenters. The summed E-state index contributed by atoms with van der Waals surface area (Å²) in [4.78, 5) is 20.8. The second-order valence-corrected chi connectivity index (χ2v) is 6.37. The first-order valence-electron chi connectivity index (χ1n) is 7.49. The number of carbonyl (C=O) groups excluding carboxylic acids is 1. The van der Waals surface area contributed by atoms with Crippen molar-refractivity contribution in [2.75, 3.05) is 26.2 Å². The Bertz CT molecular complexity index is 685. The van der Waals surface area contributed by atoms with Crippen LogP contribution in [-0.2, 0) is 6.54 Å². The molecule has 1 amide bonds. The molecule has 1 aliphatic heterocycles. The maximum Gasteiger partial charge on any atom is 0.253 e. The molecular formula is C17H17Cl2N3O. The average molecular weight is 350 g/mol. The zero-order chi connectivity index (χ0) is 16.2. The number of rotatable bonds is 3. The summed E-state index contributed by atoms with van der Waals surface area (Å²) in [6.45, 7) is 4.02. The van der Waals surface area contributed by atoms with Crippen LogP contribution < -0.4 is 0 Å². The quantitative estimate of drug-likeness (QED) is 0.852. The standard InChI is InChI=1S/C17H17Cl2N3O/c18-15-2-1-14(11-16(15)19)17(23)22-9-7-21(8-10-22)12-13-3-5-20-6-4-13/h1-6,11H,7-10,12H2. The maximum atomic E-state index is 12.5. The van der Waals surface area contributed by atoms with E-state index in [0.717, 1.165) is 19.6 Å². The van der Waals surface area contributed by atoms with E-state index in [1.54, 1.807) is 30.6 Å². The van der Waals surface area contributed by atoms with Crippen molar-refractivity contribution >= 4 is 29.1 Å². The van der Waals surface area contributed by atoms with E-state index < -0.39 is 0 Å². The van der Waals surface area contributed by atoms with Crippen molar-refractivity contribution in [2.45, 2.75) is 6.54 Å². The van der Waals surface area contributed by atoms with E-state index in [1.165, 1.54) is 5.56 Å². The van der Waals surface area contributed by atoms with Crippen molar-refractivity contribution in [3.63, 3.8) is 0 Å². The Morgan fingerprint density at radius 2 is 1.70 bits per heavy atom. The summed E-state index contributed by atoms with van der Waals surface area (Å²) in [5, 5.41) is 0.874. The summed E-state index contributed by atoms with van der Waals surface area (Å²) >= 11 is 11.9. The van der Waals surface area contributed by atoms with Crippen LogP contribution in [-0.4, -0.2) is 46.9 Å². The molecule has 0 bridgehead atoms. The molecule has 1 aliphatic rings. The Labute approximate surface area is 145 Å². The number of hydrogen-bond donors (Lipinski definition) is 0. The first-order valence-corrected chi connectivity index (χ1v) is 8.24. The minimum Gasteiger partial charge on any atom is -0.336 e. The average Bonchev–Trinajstić information content (AvgIpc) is 2.58. The highest BCUT2D eigenvalue weighted by Crippen LogP contribution is 2.23. The van der Waals surface area contributed by atoms with Crippen LogP contribution in [0.5, 0.6) is 0 Å². The van der Waals surface area contributed by atoms with E-state index in [0.29, 0.717) is 28.7 Å². The van der Waals surface area contributed by atoms with Gasteiger partial charge in [0.05, 0.1) is 10.0 Å². The Hall–Kier alpha value is -1.62. The minimum absolute atomic E-state index is 0.00660. The second-order valence-electron chi connectivity index (χ2n) is 5.55. The zero-order valence-electron chi connectivity index (χ0n) is 12.6. The van der Waals surface area contributed by atoms with Gasteiger partial charge < -0.3 is 4.90 Å². The molecular weight excluding hydrogens is 333 g/mol. The highest BCUT2D eigenvalue weighted by Gasteiger charge is 2.22. The highest BCUT2D eigenvalue weighted by atomic mass is 35.5. The molecule has 6 heteroatoms. The minimum atomic E-state index is 0.00660. The van der Waals surface area contributed by atoms with Crippen LogP contribution in [0, 0.1) is 0 Å². The lowest BCUT2D eigenvalue weighted by molar-refractivity contribution is 0.0628. The van der Waals surface area contributed by atoms with Gasteiger partial charge in [-0.25, -0.2) is 0 Å². The number of pyridine rings is 1. The van der Waals surface area contributed by atoms with Gasteiger partial charge in [-0.3, -0.25) is 14.7 Å². The number of hydrogen-bond acceptors (Lipinski definition) is 3. The van der Waals surface area contributed by atoms with Crippen LogP contribution in [0.4, 0.5) is 0 Å². The van der Waals surface area contributed by atoms with Gasteiger partial charge in [-0.05, 0) is 35.9 Å². The van der Waals surface area contributed by atoms with Crippen molar-refractivity contribution in [2.24, 2.45) is 0 Å². The molecule has 1 saturated heterocycles. The topological polar surface area (TPSA) is 36.4 Å². The smallest absolute Gasteiger partial charge is 0.253 e. The van der Waals surface area contributed by atoms with Crippen LogP contribution in [0.15, 0.2) is 42.7 Å². The van der Waals surface area contributed by atoms with Crippen molar-refractivity contribution in [1.29, 1.82) is 0 Å². The molecule has 120 valence electrons. The SMILES string of the molecule is O=C(c1ccc(Cl)c(Cl)c1)N1CCN(Cc2ccncc2)CC1. The van der Waals surface area contributed by atoms with E-state index in [1.807, 2.05) is 17.0 Å². The molecule has 0 atom stereocenters. The molecule has 1 aromatic heterocycles. The highest BCUT2D eigenvalue weighted by molar-refractivity contribution is 6.42. The molecule has 23 heavy (non-hydrogen) atoms. The first kappa shape index (κ1) is 16.2. The lowest BCUT2D eigenvalue weighted by Gasteiger charge is -2.34. The van der Waals surface area contributed by atoms with Crippen LogP contribution >= 0.6 is 23.2 Å². The van der Waals surface area contributed by atoms with Gasteiger partial charge >= 0.3 is 0 Å². The molecule has 1 aromatic carbocycles. The van der Waals surface area contributed by atoms with Gasteiger partial charge in [-0.1, -0.05) is 23.2 Å². The number of aromatic nitrogens is 1. The molecule has 4 nitrogen and oxygen atoms in total. The molecule has 0 spiro atoms. The third kappa shape index (κ3) is 4.02. The zero-order valence-corrected chi connectivity index (χ0v) is 14.1. The van der Waals surface area contributed by atoms with Crippen LogP contribution in [0.2, 0.25) is 10.0 Å². The van der Waals surface area contributed by atoms with Crippen molar-refractivity contribution < 1.29 is 4.79 Å². The Morgan fingerprint density at radius 1 is 1.00 bits per heavy atom. The number of carbonyl (C=O) groups is 1. The maximum absolute atomic E-state index is 12.5. The van der Waals surface area contributed by atoms with Gasteiger partial charge in [0.2, 0.25) is 0 Å². The fourth-order valence-electron chi connectivity index (χ4n) is 2.67. The number of benzene rings is 1. The van der Waals surface area contributed by atoms with Crippen LogP contribution in [0.1, 0.15) is 15.9 Å². The summed E-state index contributed by atoms with van der Waals surface area (Å²) in [7, 11) is 0. The van der Waals surface area contributed by atoms with Crippen molar-refractivity contribution in [1.82, 2.24) is 14.8 Å². The molecule has 2 heterocycles. The fourth-order valence-corrected chi connectivity index (χ4v) is 2.97. The Balaban J connectivity index is 1.58. The number of piperazine rings is 1. The number of amides is 1. The second kappa shape index (κ2) is 7.30. The predicted molar refractivity (Wildman–Crippen MR) is 91.9 cm³/mol. The number of nitrogens with zero attached hydrogens (tertiary/aromatic N) is 3.